The van der Waals surface area contributed by atoms with Crippen LogP contribution in [0.15, 0.2) is 6.07 Å². The van der Waals surface area contributed by atoms with Crippen LogP contribution in [0.4, 0.5) is 0 Å². The minimum absolute atomic E-state index is 0.540. The molecule has 0 aromatic heterocycles. The van der Waals surface area contributed by atoms with Gasteiger partial charge in [0.2, 0.25) is 0 Å². The Morgan fingerprint density at radius 2 is 1.71 bits per heavy atom. The van der Waals surface area contributed by atoms with Gasteiger partial charge in [0, 0.05) is 23.2 Å². The molecule has 1 unspecified atom stereocenters. The molecule has 2 fully saturated rings. The first kappa shape index (κ1) is 17.2. The van der Waals surface area contributed by atoms with Crippen LogP contribution in [0.5, 0.6) is 0 Å². The van der Waals surface area contributed by atoms with E-state index < -0.39 is 0 Å². The van der Waals surface area contributed by atoms with Crippen molar-refractivity contribution in [2.45, 2.75) is 33.8 Å². The fourth-order valence-corrected chi connectivity index (χ4v) is 3.28. The van der Waals surface area contributed by atoms with Gasteiger partial charge >= 0.3 is 0 Å². The van der Waals surface area contributed by atoms with E-state index in [1.54, 1.807) is 0 Å². The van der Waals surface area contributed by atoms with E-state index in [4.69, 9.17) is 9.47 Å². The number of hydrogen-bond donors (Lipinski definition) is 0. The number of benzene rings is 1. The smallest absolute Gasteiger partial charge is 0.0936 e. The number of epoxide rings is 1. The predicted octanol–water partition coefficient (Wildman–Crippen LogP) is 3.24. The maximum Gasteiger partial charge on any atom is 0.0936 e. The summed E-state index contributed by atoms with van der Waals surface area (Å²) in [6.07, 6.45) is 0.540. The summed E-state index contributed by atoms with van der Waals surface area (Å²) in [6.45, 7) is 14.8. The Morgan fingerprint density at radius 3 is 2.29 bits per heavy atom. The highest BCUT2D eigenvalue weighted by atomic mass is 127. The lowest BCUT2D eigenvalue weighted by Gasteiger charge is -2.25. The number of rotatable bonds is 2. The zero-order valence-corrected chi connectivity index (χ0v) is 15.7. The standard InChI is InChI=1S/C10H13I.C7H13NO2/c1-6-5-10(11)9(4)8(3)7(6)2;1-3-9-4-2-8(1)5-7-6-10-7/h5H,1-4H3;7H,1-6H2. The Kier molecular flexibility index (Phi) is 6.47. The third-order valence-electron chi connectivity index (χ3n) is 4.39. The molecule has 1 aromatic rings. The number of aryl methyl sites for hydroxylation is 1. The monoisotopic (exact) mass is 403 g/mol. The van der Waals surface area contributed by atoms with E-state index in [2.05, 4.69) is 61.3 Å². The summed E-state index contributed by atoms with van der Waals surface area (Å²) < 4.78 is 11.7. The molecule has 0 bridgehead atoms. The highest BCUT2D eigenvalue weighted by Crippen LogP contribution is 2.21. The zero-order chi connectivity index (χ0) is 15.4. The van der Waals surface area contributed by atoms with Crippen molar-refractivity contribution in [2.75, 3.05) is 39.5 Å². The van der Waals surface area contributed by atoms with Crippen LogP contribution in [0.25, 0.3) is 0 Å². The molecular weight excluding hydrogens is 377 g/mol. The minimum atomic E-state index is 0.540. The number of morpholine rings is 1. The van der Waals surface area contributed by atoms with E-state index in [-0.39, 0.29) is 0 Å². The molecule has 0 N–H and O–H groups in total. The lowest BCUT2D eigenvalue weighted by atomic mass is 10.0. The summed E-state index contributed by atoms with van der Waals surface area (Å²) in [4.78, 5) is 2.40. The highest BCUT2D eigenvalue weighted by molar-refractivity contribution is 14.1. The van der Waals surface area contributed by atoms with Crippen molar-refractivity contribution in [3.8, 4) is 0 Å². The molecule has 0 saturated carbocycles. The average molecular weight is 403 g/mol. The molecule has 1 aromatic carbocycles. The van der Waals surface area contributed by atoms with Crippen molar-refractivity contribution in [3.63, 3.8) is 0 Å². The molecule has 2 saturated heterocycles. The van der Waals surface area contributed by atoms with Crippen molar-refractivity contribution < 1.29 is 9.47 Å². The molecule has 2 aliphatic heterocycles. The topological polar surface area (TPSA) is 25.0 Å². The fraction of sp³-hybridized carbons (Fsp3) is 0.647. The Labute approximate surface area is 142 Å². The summed E-state index contributed by atoms with van der Waals surface area (Å²) in [5.74, 6) is 0. The average Bonchev–Trinajstić information content (AvgIpc) is 3.29. The quantitative estimate of drug-likeness (QED) is 0.560. The van der Waals surface area contributed by atoms with Crippen LogP contribution in [-0.2, 0) is 9.47 Å². The number of halogens is 1. The minimum Gasteiger partial charge on any atom is -0.379 e. The molecule has 0 amide bonds. The first-order valence-corrected chi connectivity index (χ1v) is 8.71. The van der Waals surface area contributed by atoms with Gasteiger partial charge in [-0.3, -0.25) is 4.90 Å². The molecule has 21 heavy (non-hydrogen) atoms. The van der Waals surface area contributed by atoms with Gasteiger partial charge in [-0.15, -0.1) is 0 Å². The Bertz CT molecular complexity index is 454. The van der Waals surface area contributed by atoms with Gasteiger partial charge in [0.15, 0.2) is 0 Å². The van der Waals surface area contributed by atoms with E-state index in [9.17, 15) is 0 Å². The summed E-state index contributed by atoms with van der Waals surface area (Å²) in [7, 11) is 0. The summed E-state index contributed by atoms with van der Waals surface area (Å²) in [6, 6.07) is 2.25. The molecule has 3 nitrogen and oxygen atoms in total. The van der Waals surface area contributed by atoms with Gasteiger partial charge in [-0.2, -0.15) is 0 Å². The summed E-state index contributed by atoms with van der Waals surface area (Å²) >= 11 is 2.39. The molecule has 0 radical (unpaired) electrons. The molecule has 0 aliphatic carbocycles. The van der Waals surface area contributed by atoms with Gasteiger partial charge in [-0.25, -0.2) is 0 Å². The molecular formula is C17H26INO2. The van der Waals surface area contributed by atoms with Crippen LogP contribution < -0.4 is 0 Å². The molecule has 118 valence electrons. The largest absolute Gasteiger partial charge is 0.379 e. The number of ether oxygens (including phenoxy) is 2. The molecule has 2 aliphatic rings. The van der Waals surface area contributed by atoms with E-state index in [1.807, 2.05) is 0 Å². The maximum absolute atomic E-state index is 5.22. The van der Waals surface area contributed by atoms with Crippen molar-refractivity contribution in [2.24, 2.45) is 0 Å². The lowest BCUT2D eigenvalue weighted by Crippen LogP contribution is -2.38. The Balaban J connectivity index is 0.000000154. The predicted molar refractivity (Wildman–Crippen MR) is 95.1 cm³/mol. The Hall–Kier alpha value is -0.170. The molecule has 3 rings (SSSR count). The van der Waals surface area contributed by atoms with Crippen LogP contribution in [-0.4, -0.2) is 50.5 Å². The van der Waals surface area contributed by atoms with Gasteiger partial charge in [-0.05, 0) is 78.6 Å². The first-order valence-electron chi connectivity index (χ1n) is 7.63. The van der Waals surface area contributed by atoms with Gasteiger partial charge in [0.25, 0.3) is 0 Å². The summed E-state index contributed by atoms with van der Waals surface area (Å²) in [5, 5.41) is 0. The second-order valence-corrected chi connectivity index (χ2v) is 7.08. The van der Waals surface area contributed by atoms with E-state index in [1.165, 1.54) is 25.8 Å². The Morgan fingerprint density at radius 1 is 1.10 bits per heavy atom. The third-order valence-corrected chi connectivity index (χ3v) is 5.51. The second-order valence-electron chi connectivity index (χ2n) is 5.92. The van der Waals surface area contributed by atoms with Crippen molar-refractivity contribution >= 4 is 22.6 Å². The van der Waals surface area contributed by atoms with Gasteiger partial charge in [0.05, 0.1) is 25.9 Å². The molecule has 2 heterocycles. The van der Waals surface area contributed by atoms with Crippen LogP contribution in [0.2, 0.25) is 0 Å². The highest BCUT2D eigenvalue weighted by Gasteiger charge is 2.25. The SMILES string of the molecule is C1CN(CC2CO2)CCO1.Cc1cc(I)c(C)c(C)c1C. The second kappa shape index (κ2) is 7.90. The maximum atomic E-state index is 5.22. The molecule has 0 spiro atoms. The van der Waals surface area contributed by atoms with Crippen LogP contribution in [0.1, 0.15) is 22.3 Å². The van der Waals surface area contributed by atoms with E-state index in [0.717, 1.165) is 39.5 Å². The van der Waals surface area contributed by atoms with Crippen LogP contribution in [0.3, 0.4) is 0 Å². The van der Waals surface area contributed by atoms with Crippen LogP contribution in [0, 0.1) is 31.3 Å². The number of hydrogen-bond acceptors (Lipinski definition) is 3. The summed E-state index contributed by atoms with van der Waals surface area (Å²) in [5.41, 5.74) is 5.70. The van der Waals surface area contributed by atoms with E-state index in [0.29, 0.717) is 6.10 Å². The van der Waals surface area contributed by atoms with Crippen LogP contribution >= 0.6 is 22.6 Å². The third kappa shape index (κ3) is 5.20. The first-order chi connectivity index (χ1) is 9.99. The molecule has 4 heteroatoms. The van der Waals surface area contributed by atoms with E-state index >= 15 is 0 Å². The molecule has 1 atom stereocenters. The van der Waals surface area contributed by atoms with Crippen molar-refractivity contribution in [1.82, 2.24) is 4.90 Å². The normalized spacial score (nSPS) is 21.7. The van der Waals surface area contributed by atoms with Crippen molar-refractivity contribution in [1.29, 1.82) is 0 Å². The van der Waals surface area contributed by atoms with Crippen molar-refractivity contribution in [3.05, 3.63) is 31.9 Å². The zero-order valence-electron chi connectivity index (χ0n) is 13.5. The lowest BCUT2D eigenvalue weighted by molar-refractivity contribution is 0.0349. The fourth-order valence-electron chi connectivity index (χ4n) is 2.41. The number of nitrogens with zero attached hydrogens (tertiary/aromatic N) is 1. The van der Waals surface area contributed by atoms with Gasteiger partial charge in [0.1, 0.15) is 0 Å². The van der Waals surface area contributed by atoms with Gasteiger partial charge < -0.3 is 9.47 Å². The van der Waals surface area contributed by atoms with Gasteiger partial charge in [-0.1, -0.05) is 0 Å².